The highest BCUT2D eigenvalue weighted by molar-refractivity contribution is 5.88. The van der Waals surface area contributed by atoms with E-state index in [1.807, 2.05) is 0 Å². The molecule has 1 unspecified atom stereocenters. The molecule has 14 heavy (non-hydrogen) atoms. The molecule has 0 aliphatic heterocycles. The highest BCUT2D eigenvalue weighted by Crippen LogP contribution is 2.38. The molecule has 4 heteroatoms. The van der Waals surface area contributed by atoms with E-state index >= 15 is 0 Å². The Morgan fingerprint density at radius 1 is 1.64 bits per heavy atom. The Bertz CT molecular complexity index is 276. The fraction of sp³-hybridized carbons (Fsp3) is 0.700. The molecule has 0 bridgehead atoms. The van der Waals surface area contributed by atoms with Crippen molar-refractivity contribution in [2.45, 2.75) is 32.1 Å². The quantitative estimate of drug-likeness (QED) is 0.369. The number of rotatable bonds is 1. The van der Waals surface area contributed by atoms with Gasteiger partial charge in [-0.1, -0.05) is 5.92 Å². The van der Waals surface area contributed by atoms with Crippen LogP contribution in [0.1, 0.15) is 26.2 Å². The third-order valence-corrected chi connectivity index (χ3v) is 2.06. The first-order chi connectivity index (χ1) is 6.53. The molecule has 0 radical (unpaired) electrons. The van der Waals surface area contributed by atoms with E-state index in [1.165, 1.54) is 0 Å². The van der Waals surface area contributed by atoms with E-state index in [0.717, 1.165) is 0 Å². The van der Waals surface area contributed by atoms with E-state index in [9.17, 15) is 13.6 Å². The van der Waals surface area contributed by atoms with Crippen LogP contribution in [0, 0.1) is 17.8 Å². The Balaban J connectivity index is 2.42. The van der Waals surface area contributed by atoms with Crippen LogP contribution in [0.3, 0.4) is 0 Å². The molecule has 78 valence electrons. The zero-order valence-corrected chi connectivity index (χ0v) is 7.98. The molecule has 1 rings (SSSR count). The summed E-state index contributed by atoms with van der Waals surface area (Å²) in [5.74, 6) is 1.13. The predicted octanol–water partition coefficient (Wildman–Crippen LogP) is 1.99. The first-order valence-electron chi connectivity index (χ1n) is 4.59. The Kier molecular flexibility index (Phi) is 3.45. The molecule has 0 heterocycles. The number of hydrogen-bond acceptors (Lipinski definition) is 2. The summed E-state index contributed by atoms with van der Waals surface area (Å²) in [5, 5.41) is 0. The van der Waals surface area contributed by atoms with Crippen LogP contribution >= 0.6 is 0 Å². The van der Waals surface area contributed by atoms with Gasteiger partial charge in [-0.2, -0.15) is 0 Å². The number of carbonyl (C=O) groups is 1. The van der Waals surface area contributed by atoms with Gasteiger partial charge in [0.1, 0.15) is 0 Å². The summed E-state index contributed by atoms with van der Waals surface area (Å²) in [6, 6.07) is 0. The van der Waals surface area contributed by atoms with E-state index in [4.69, 9.17) is 0 Å². The number of alkyl halides is 2. The van der Waals surface area contributed by atoms with E-state index in [0.29, 0.717) is 6.42 Å². The summed E-state index contributed by atoms with van der Waals surface area (Å²) >= 11 is 0. The van der Waals surface area contributed by atoms with Gasteiger partial charge in [0.2, 0.25) is 5.92 Å². The zero-order valence-electron chi connectivity index (χ0n) is 7.98. The molecule has 0 N–H and O–H groups in total. The first kappa shape index (κ1) is 11.0. The van der Waals surface area contributed by atoms with Gasteiger partial charge in [-0.15, -0.1) is 0 Å². The lowest BCUT2D eigenvalue weighted by Crippen LogP contribution is -2.09. The molecular weight excluding hydrogens is 190 g/mol. The average Bonchev–Trinajstić information content (AvgIpc) is 2.43. The Morgan fingerprint density at radius 3 is 2.86 bits per heavy atom. The van der Waals surface area contributed by atoms with Gasteiger partial charge in [0.25, 0.3) is 0 Å². The summed E-state index contributed by atoms with van der Waals surface area (Å²) in [4.78, 5) is 10.8. The van der Waals surface area contributed by atoms with Crippen LogP contribution in [0.5, 0.6) is 0 Å². The predicted molar refractivity (Wildman–Crippen MR) is 46.7 cm³/mol. The minimum Gasteiger partial charge on any atom is -0.456 e. The zero-order chi connectivity index (χ0) is 10.6. The van der Waals surface area contributed by atoms with E-state index in [-0.39, 0.29) is 25.4 Å². The second kappa shape index (κ2) is 4.41. The number of halogens is 2. The molecule has 1 atom stereocenters. The van der Waals surface area contributed by atoms with Crippen molar-refractivity contribution < 1.29 is 18.3 Å². The summed E-state index contributed by atoms with van der Waals surface area (Å²) in [7, 11) is 0. The van der Waals surface area contributed by atoms with Gasteiger partial charge in [-0.25, -0.2) is 13.6 Å². The van der Waals surface area contributed by atoms with Crippen LogP contribution in [-0.2, 0) is 9.53 Å². The molecule has 0 aromatic carbocycles. The van der Waals surface area contributed by atoms with E-state index in [1.54, 1.807) is 6.92 Å². The fourth-order valence-electron chi connectivity index (χ4n) is 1.40. The third-order valence-electron chi connectivity index (χ3n) is 2.06. The van der Waals surface area contributed by atoms with Crippen molar-refractivity contribution in [3.05, 3.63) is 0 Å². The van der Waals surface area contributed by atoms with Crippen molar-refractivity contribution in [2.75, 3.05) is 6.61 Å². The van der Waals surface area contributed by atoms with Crippen LogP contribution in [-0.4, -0.2) is 18.5 Å². The SMILES string of the molecule is CCOC(=O)C#CC1CCC(F)(F)C1. The highest BCUT2D eigenvalue weighted by Gasteiger charge is 2.38. The fourth-order valence-corrected chi connectivity index (χ4v) is 1.40. The molecule has 0 aromatic rings. The normalized spacial score (nSPS) is 23.8. The summed E-state index contributed by atoms with van der Waals surface area (Å²) in [6.45, 7) is 1.93. The molecule has 0 amide bonds. The number of ether oxygens (including phenoxy) is 1. The van der Waals surface area contributed by atoms with Crippen molar-refractivity contribution in [1.82, 2.24) is 0 Å². The molecule has 2 nitrogen and oxygen atoms in total. The molecule has 1 aliphatic rings. The lowest BCUT2D eigenvalue weighted by atomic mass is 10.1. The third kappa shape index (κ3) is 3.33. The van der Waals surface area contributed by atoms with Crippen LogP contribution in [0.4, 0.5) is 8.78 Å². The standard InChI is InChI=1S/C10H12F2O2/c1-2-14-9(13)4-3-8-5-6-10(11,12)7-8/h8H,2,5-7H2,1H3. The molecule has 1 aliphatic carbocycles. The highest BCUT2D eigenvalue weighted by atomic mass is 19.3. The monoisotopic (exact) mass is 202 g/mol. The van der Waals surface area contributed by atoms with Crippen molar-refractivity contribution in [3.63, 3.8) is 0 Å². The Labute approximate surface area is 81.6 Å². The van der Waals surface area contributed by atoms with Crippen molar-refractivity contribution in [2.24, 2.45) is 5.92 Å². The lowest BCUT2D eigenvalue weighted by Gasteiger charge is -2.04. The molecular formula is C10H12F2O2. The number of hydrogen-bond donors (Lipinski definition) is 0. The van der Waals surface area contributed by atoms with Gasteiger partial charge in [-0.3, -0.25) is 0 Å². The lowest BCUT2D eigenvalue weighted by molar-refractivity contribution is -0.136. The van der Waals surface area contributed by atoms with Gasteiger partial charge in [0.05, 0.1) is 6.61 Å². The van der Waals surface area contributed by atoms with Crippen LogP contribution in [0.25, 0.3) is 0 Å². The van der Waals surface area contributed by atoms with Crippen molar-refractivity contribution in [3.8, 4) is 11.8 Å². The van der Waals surface area contributed by atoms with Crippen LogP contribution < -0.4 is 0 Å². The summed E-state index contributed by atoms with van der Waals surface area (Å²) in [5.41, 5.74) is 0. The number of carbonyl (C=O) groups excluding carboxylic acids is 1. The molecule has 0 aromatic heterocycles. The van der Waals surface area contributed by atoms with E-state index < -0.39 is 11.9 Å². The topological polar surface area (TPSA) is 26.3 Å². The second-order valence-corrected chi connectivity index (χ2v) is 3.29. The van der Waals surface area contributed by atoms with Crippen molar-refractivity contribution in [1.29, 1.82) is 0 Å². The molecule has 0 spiro atoms. The minimum absolute atomic E-state index is 0.130. The average molecular weight is 202 g/mol. The molecule has 0 saturated heterocycles. The Morgan fingerprint density at radius 2 is 2.36 bits per heavy atom. The summed E-state index contributed by atoms with van der Waals surface area (Å²) in [6.07, 6.45) is -0.00597. The summed E-state index contributed by atoms with van der Waals surface area (Å²) < 4.78 is 29.9. The van der Waals surface area contributed by atoms with Gasteiger partial charge in [0, 0.05) is 24.7 Å². The molecule has 1 fully saturated rings. The first-order valence-corrected chi connectivity index (χ1v) is 4.59. The second-order valence-electron chi connectivity index (χ2n) is 3.29. The maximum atomic E-state index is 12.7. The van der Waals surface area contributed by atoms with Gasteiger partial charge in [0.15, 0.2) is 0 Å². The van der Waals surface area contributed by atoms with Gasteiger partial charge >= 0.3 is 5.97 Å². The number of esters is 1. The molecule has 1 saturated carbocycles. The smallest absolute Gasteiger partial charge is 0.384 e. The van der Waals surface area contributed by atoms with Crippen molar-refractivity contribution >= 4 is 5.97 Å². The van der Waals surface area contributed by atoms with Gasteiger partial charge in [-0.05, 0) is 13.3 Å². The minimum atomic E-state index is -2.60. The van der Waals surface area contributed by atoms with E-state index in [2.05, 4.69) is 16.6 Å². The van der Waals surface area contributed by atoms with Crippen LogP contribution in [0.15, 0.2) is 0 Å². The maximum absolute atomic E-state index is 12.7. The Hall–Kier alpha value is -1.11. The maximum Gasteiger partial charge on any atom is 0.384 e. The van der Waals surface area contributed by atoms with Gasteiger partial charge < -0.3 is 4.74 Å². The largest absolute Gasteiger partial charge is 0.456 e. The van der Waals surface area contributed by atoms with Crippen LogP contribution in [0.2, 0.25) is 0 Å².